The summed E-state index contributed by atoms with van der Waals surface area (Å²) in [4.78, 5) is 15.5. The van der Waals surface area contributed by atoms with Crippen LogP contribution >= 0.6 is 0 Å². The third-order valence-electron chi connectivity index (χ3n) is 5.09. The first-order chi connectivity index (χ1) is 10.3. The quantitative estimate of drug-likeness (QED) is 0.906. The summed E-state index contributed by atoms with van der Waals surface area (Å²) in [5.74, 6) is 0.372. The summed E-state index contributed by atoms with van der Waals surface area (Å²) in [6, 6.07) is 10.4. The Bertz CT molecular complexity index is 457. The van der Waals surface area contributed by atoms with Crippen molar-refractivity contribution in [2.45, 2.75) is 43.9 Å². The van der Waals surface area contributed by atoms with E-state index in [9.17, 15) is 4.79 Å². The highest BCUT2D eigenvalue weighted by Crippen LogP contribution is 2.36. The number of amides is 1. The minimum Gasteiger partial charge on any atom is -0.342 e. The van der Waals surface area contributed by atoms with E-state index in [1.807, 2.05) is 6.07 Å². The number of hydrogen-bond donors (Lipinski definition) is 1. The number of likely N-dealkylation sites (tertiary alicyclic amines) is 1. The van der Waals surface area contributed by atoms with E-state index in [-0.39, 0.29) is 5.41 Å². The summed E-state index contributed by atoms with van der Waals surface area (Å²) in [7, 11) is 0. The lowest BCUT2D eigenvalue weighted by atomic mass is 9.72. The van der Waals surface area contributed by atoms with E-state index in [0.29, 0.717) is 5.91 Å². The molecule has 0 unspecified atom stereocenters. The third-order valence-corrected chi connectivity index (χ3v) is 5.09. The molecule has 2 aliphatic rings. The van der Waals surface area contributed by atoms with Crippen LogP contribution in [0.3, 0.4) is 0 Å². The maximum absolute atomic E-state index is 13.3. The highest BCUT2D eigenvalue weighted by Gasteiger charge is 2.43. The molecule has 2 heterocycles. The van der Waals surface area contributed by atoms with Crippen molar-refractivity contribution in [3.8, 4) is 0 Å². The molecule has 2 aliphatic heterocycles. The van der Waals surface area contributed by atoms with Gasteiger partial charge in [0.2, 0.25) is 5.91 Å². The summed E-state index contributed by atoms with van der Waals surface area (Å²) in [5.41, 5.74) is 0.914. The van der Waals surface area contributed by atoms with E-state index >= 15 is 0 Å². The Kier molecular flexibility index (Phi) is 4.59. The molecule has 0 atom stereocenters. The molecule has 0 bridgehead atoms. The van der Waals surface area contributed by atoms with Gasteiger partial charge in [0.25, 0.3) is 0 Å². The first-order valence-electron chi connectivity index (χ1n) is 8.39. The second-order valence-electron chi connectivity index (χ2n) is 6.40. The van der Waals surface area contributed by atoms with Gasteiger partial charge < -0.3 is 10.2 Å². The van der Waals surface area contributed by atoms with Crippen molar-refractivity contribution >= 4 is 5.91 Å². The fraction of sp³-hybridized carbons (Fsp3) is 0.611. The Labute approximate surface area is 127 Å². The molecule has 1 N–H and O–H groups in total. The lowest BCUT2D eigenvalue weighted by Gasteiger charge is -2.40. The number of rotatable bonds is 2. The van der Waals surface area contributed by atoms with Crippen LogP contribution < -0.4 is 5.32 Å². The van der Waals surface area contributed by atoms with Crippen LogP contribution in [-0.4, -0.2) is 37.0 Å². The van der Waals surface area contributed by atoms with E-state index < -0.39 is 0 Å². The Hall–Kier alpha value is -1.35. The SMILES string of the molecule is O=C(N1CCCCCC1)C1(c2ccccc2)CCNCC1. The molecule has 0 aromatic heterocycles. The average Bonchev–Trinajstić information content (AvgIpc) is 2.85. The van der Waals surface area contributed by atoms with Gasteiger partial charge in [-0.3, -0.25) is 4.79 Å². The zero-order valence-corrected chi connectivity index (χ0v) is 12.8. The van der Waals surface area contributed by atoms with E-state index in [0.717, 1.165) is 51.9 Å². The van der Waals surface area contributed by atoms with Crippen molar-refractivity contribution in [2.24, 2.45) is 0 Å². The topological polar surface area (TPSA) is 32.3 Å². The number of benzene rings is 1. The molecule has 0 spiro atoms. The average molecular weight is 286 g/mol. The van der Waals surface area contributed by atoms with Gasteiger partial charge in [0, 0.05) is 13.1 Å². The van der Waals surface area contributed by atoms with Gasteiger partial charge in [0.05, 0.1) is 5.41 Å². The third kappa shape index (κ3) is 2.98. The second-order valence-corrected chi connectivity index (χ2v) is 6.40. The summed E-state index contributed by atoms with van der Waals surface area (Å²) in [6.07, 6.45) is 6.70. The molecule has 0 radical (unpaired) electrons. The fourth-order valence-electron chi connectivity index (χ4n) is 3.81. The van der Waals surface area contributed by atoms with Crippen molar-refractivity contribution in [2.75, 3.05) is 26.2 Å². The van der Waals surface area contributed by atoms with Crippen molar-refractivity contribution < 1.29 is 4.79 Å². The standard InChI is InChI=1S/C18H26N2O/c21-17(20-14-6-1-2-7-15-20)18(10-12-19-13-11-18)16-8-4-3-5-9-16/h3-5,8-9,19H,1-2,6-7,10-15H2. The molecule has 114 valence electrons. The largest absolute Gasteiger partial charge is 0.342 e. The Morgan fingerprint density at radius 3 is 2.19 bits per heavy atom. The first-order valence-corrected chi connectivity index (χ1v) is 8.39. The lowest BCUT2D eigenvalue weighted by molar-refractivity contribution is -0.138. The molecule has 3 rings (SSSR count). The predicted octanol–water partition coefficient (Wildman–Crippen LogP) is 2.71. The molecule has 21 heavy (non-hydrogen) atoms. The van der Waals surface area contributed by atoms with Gasteiger partial charge in [0.15, 0.2) is 0 Å². The van der Waals surface area contributed by atoms with Crippen molar-refractivity contribution in [1.29, 1.82) is 0 Å². The lowest BCUT2D eigenvalue weighted by Crippen LogP contribution is -2.52. The fourth-order valence-corrected chi connectivity index (χ4v) is 3.81. The van der Waals surface area contributed by atoms with E-state index in [1.54, 1.807) is 0 Å². The highest BCUT2D eigenvalue weighted by atomic mass is 16.2. The minimum absolute atomic E-state index is 0.295. The monoisotopic (exact) mass is 286 g/mol. The predicted molar refractivity (Wildman–Crippen MR) is 85.3 cm³/mol. The minimum atomic E-state index is -0.295. The highest BCUT2D eigenvalue weighted by molar-refractivity contribution is 5.88. The molecule has 1 aromatic rings. The molecular formula is C18H26N2O. The smallest absolute Gasteiger partial charge is 0.233 e. The van der Waals surface area contributed by atoms with Gasteiger partial charge in [-0.2, -0.15) is 0 Å². The van der Waals surface area contributed by atoms with Crippen molar-refractivity contribution in [3.05, 3.63) is 35.9 Å². The van der Waals surface area contributed by atoms with Gasteiger partial charge in [-0.25, -0.2) is 0 Å². The van der Waals surface area contributed by atoms with Gasteiger partial charge in [-0.15, -0.1) is 0 Å². The zero-order valence-electron chi connectivity index (χ0n) is 12.8. The van der Waals surface area contributed by atoms with Crippen LogP contribution in [0.1, 0.15) is 44.1 Å². The molecule has 1 aromatic carbocycles. The Morgan fingerprint density at radius 2 is 1.57 bits per heavy atom. The number of nitrogens with zero attached hydrogens (tertiary/aromatic N) is 1. The summed E-state index contributed by atoms with van der Waals surface area (Å²) >= 11 is 0. The van der Waals surface area contributed by atoms with Crippen LogP contribution in [0.4, 0.5) is 0 Å². The van der Waals surface area contributed by atoms with Gasteiger partial charge in [-0.05, 0) is 44.3 Å². The van der Waals surface area contributed by atoms with Crippen LogP contribution in [-0.2, 0) is 10.2 Å². The Balaban J connectivity index is 1.89. The van der Waals surface area contributed by atoms with E-state index in [1.165, 1.54) is 18.4 Å². The summed E-state index contributed by atoms with van der Waals surface area (Å²) < 4.78 is 0. The van der Waals surface area contributed by atoms with Crippen LogP contribution in [0.25, 0.3) is 0 Å². The number of carbonyl (C=O) groups is 1. The molecule has 3 heteroatoms. The van der Waals surface area contributed by atoms with Gasteiger partial charge >= 0.3 is 0 Å². The molecule has 0 saturated carbocycles. The van der Waals surface area contributed by atoms with Gasteiger partial charge in [0.1, 0.15) is 0 Å². The second kappa shape index (κ2) is 6.61. The number of piperidine rings is 1. The normalized spacial score (nSPS) is 22.6. The zero-order chi connectivity index (χ0) is 14.5. The van der Waals surface area contributed by atoms with Gasteiger partial charge in [-0.1, -0.05) is 43.2 Å². The molecule has 2 saturated heterocycles. The molecule has 3 nitrogen and oxygen atoms in total. The molecule has 0 aliphatic carbocycles. The molecule has 1 amide bonds. The maximum Gasteiger partial charge on any atom is 0.233 e. The first kappa shape index (κ1) is 14.6. The van der Waals surface area contributed by atoms with E-state index in [4.69, 9.17) is 0 Å². The number of hydrogen-bond acceptors (Lipinski definition) is 2. The molecular weight excluding hydrogens is 260 g/mol. The Morgan fingerprint density at radius 1 is 0.952 bits per heavy atom. The van der Waals surface area contributed by atoms with Crippen LogP contribution in [0, 0.1) is 0 Å². The van der Waals surface area contributed by atoms with Crippen molar-refractivity contribution in [3.63, 3.8) is 0 Å². The number of nitrogens with one attached hydrogen (secondary N) is 1. The van der Waals surface area contributed by atoms with Crippen molar-refractivity contribution in [1.82, 2.24) is 10.2 Å². The van der Waals surface area contributed by atoms with Crippen LogP contribution in [0.15, 0.2) is 30.3 Å². The van der Waals surface area contributed by atoms with E-state index in [2.05, 4.69) is 34.5 Å². The van der Waals surface area contributed by atoms with Crippen LogP contribution in [0.2, 0.25) is 0 Å². The number of carbonyl (C=O) groups excluding carboxylic acids is 1. The summed E-state index contributed by atoms with van der Waals surface area (Å²) in [6.45, 7) is 3.77. The van der Waals surface area contributed by atoms with Crippen LogP contribution in [0.5, 0.6) is 0 Å². The molecule has 2 fully saturated rings. The maximum atomic E-state index is 13.3. The summed E-state index contributed by atoms with van der Waals surface area (Å²) in [5, 5.41) is 3.41.